The van der Waals surface area contributed by atoms with Crippen LogP contribution in [-0.2, 0) is 0 Å². The van der Waals surface area contributed by atoms with Crippen molar-refractivity contribution < 1.29 is 0 Å². The molecule has 0 fully saturated rings. The van der Waals surface area contributed by atoms with E-state index in [9.17, 15) is 31.6 Å². The van der Waals surface area contributed by atoms with Crippen molar-refractivity contribution in [2.75, 3.05) is 0 Å². The minimum Gasteiger partial charge on any atom is -0.308 e. The third-order valence-corrected chi connectivity index (χ3v) is 7.53. The first kappa shape index (κ1) is 24.4. The van der Waals surface area contributed by atoms with E-state index in [2.05, 4.69) is 0 Å². The predicted molar refractivity (Wildman–Crippen MR) is 140 cm³/mol. The van der Waals surface area contributed by atoms with E-state index < -0.39 is 0 Å². The van der Waals surface area contributed by atoms with Gasteiger partial charge in [-0.05, 0) is 48.5 Å². The van der Waals surface area contributed by atoms with E-state index in [1.54, 1.807) is 36.4 Å². The molecule has 0 bridgehead atoms. The first-order valence-electron chi connectivity index (χ1n) is 10.5. The molecule has 0 aliphatic carbocycles. The van der Waals surface area contributed by atoms with Crippen molar-refractivity contribution >= 4 is 33.8 Å². The van der Waals surface area contributed by atoms with Gasteiger partial charge in [-0.15, -0.1) is 22.7 Å². The van der Waals surface area contributed by atoms with Crippen molar-refractivity contribution in [2.24, 2.45) is 0 Å². The topological polar surface area (TPSA) is 148 Å². The Morgan fingerprint density at radius 2 is 0.946 bits per heavy atom. The molecule has 4 rings (SSSR count). The van der Waals surface area contributed by atoms with E-state index in [4.69, 9.17) is 0 Å². The van der Waals surface area contributed by atoms with Gasteiger partial charge in [0, 0.05) is 15.4 Å². The first-order chi connectivity index (χ1) is 18.1. The average Bonchev–Trinajstić information content (AvgIpc) is 3.70. The lowest BCUT2D eigenvalue weighted by Crippen LogP contribution is -1.97. The van der Waals surface area contributed by atoms with E-state index >= 15 is 0 Å². The van der Waals surface area contributed by atoms with E-state index in [1.807, 2.05) is 71.3 Å². The van der Waals surface area contributed by atoms with Crippen LogP contribution in [0.4, 0.5) is 0 Å². The summed E-state index contributed by atoms with van der Waals surface area (Å²) in [5.74, 6) is 0. The van der Waals surface area contributed by atoms with Gasteiger partial charge in [0.1, 0.15) is 47.6 Å². The van der Waals surface area contributed by atoms with Crippen LogP contribution in [0.5, 0.6) is 0 Å². The lowest BCUT2D eigenvalue weighted by molar-refractivity contribution is 1.10. The predicted octanol–water partition coefficient (Wildman–Crippen LogP) is 6.58. The number of nitriles is 6. The van der Waals surface area contributed by atoms with Gasteiger partial charge in [0.15, 0.2) is 0 Å². The van der Waals surface area contributed by atoms with Crippen LogP contribution >= 0.6 is 22.7 Å². The van der Waals surface area contributed by atoms with Crippen LogP contribution in [0, 0.1) is 68.0 Å². The first-order valence-corrected chi connectivity index (χ1v) is 12.1. The fraction of sp³-hybridized carbons (Fsp3) is 0. The minimum absolute atomic E-state index is 0.0313. The second-order valence-electron chi connectivity index (χ2n) is 7.27. The summed E-state index contributed by atoms with van der Waals surface area (Å²) in [6, 6.07) is 31.6. The van der Waals surface area contributed by atoms with Crippen molar-refractivity contribution in [3.63, 3.8) is 0 Å². The van der Waals surface area contributed by atoms with Crippen molar-refractivity contribution in [2.45, 2.75) is 0 Å². The molecule has 37 heavy (non-hydrogen) atoms. The summed E-state index contributed by atoms with van der Waals surface area (Å²) in [7, 11) is 0. The SMILES string of the molecule is N#CC(C#N)=C(C#N)c1ccc(-c2ccc(-c3ccc(C(C#N)=C(C#N)C#N)s3)n2-c2ccccc2)s1. The number of hydrogen-bond acceptors (Lipinski definition) is 8. The molecule has 0 amide bonds. The number of hydrogen-bond donors (Lipinski definition) is 0. The van der Waals surface area contributed by atoms with E-state index in [1.165, 1.54) is 22.7 Å². The van der Waals surface area contributed by atoms with Gasteiger partial charge in [0.05, 0.1) is 32.3 Å². The monoisotopic (exact) mass is 509 g/mol. The van der Waals surface area contributed by atoms with Crippen molar-refractivity contribution in [3.8, 4) is 63.2 Å². The van der Waals surface area contributed by atoms with Crippen molar-refractivity contribution in [1.82, 2.24) is 4.57 Å². The maximum absolute atomic E-state index is 9.55. The highest BCUT2D eigenvalue weighted by molar-refractivity contribution is 7.17. The maximum Gasteiger partial charge on any atom is 0.148 e. The van der Waals surface area contributed by atoms with Gasteiger partial charge >= 0.3 is 0 Å². The molecule has 0 radical (unpaired) electrons. The molecule has 0 aliphatic rings. The molecule has 0 saturated heterocycles. The molecule has 0 aliphatic heterocycles. The molecule has 1 aromatic carbocycles. The molecule has 0 unspecified atom stereocenters. The van der Waals surface area contributed by atoms with Gasteiger partial charge < -0.3 is 4.57 Å². The lowest BCUT2D eigenvalue weighted by Gasteiger charge is -2.12. The third-order valence-electron chi connectivity index (χ3n) is 5.28. The van der Waals surface area contributed by atoms with Crippen molar-refractivity contribution in [3.05, 3.63) is 87.6 Å². The van der Waals surface area contributed by atoms with Gasteiger partial charge in [0.25, 0.3) is 0 Å². The van der Waals surface area contributed by atoms with Crippen LogP contribution < -0.4 is 0 Å². The van der Waals surface area contributed by atoms with Gasteiger partial charge in [-0.2, -0.15) is 31.6 Å². The Labute approximate surface area is 220 Å². The molecule has 170 valence electrons. The summed E-state index contributed by atoms with van der Waals surface area (Å²) < 4.78 is 2.03. The summed E-state index contributed by atoms with van der Waals surface area (Å²) in [6.45, 7) is 0. The number of para-hydroxylation sites is 1. The highest BCUT2D eigenvalue weighted by Crippen LogP contribution is 2.40. The Bertz CT molecular complexity index is 1690. The van der Waals surface area contributed by atoms with Gasteiger partial charge in [0.2, 0.25) is 0 Å². The quantitative estimate of drug-likeness (QED) is 0.277. The van der Waals surface area contributed by atoms with Gasteiger partial charge in [-0.3, -0.25) is 0 Å². The Kier molecular flexibility index (Phi) is 7.08. The van der Waals surface area contributed by atoms with Crippen LogP contribution in [0.3, 0.4) is 0 Å². The average molecular weight is 510 g/mol. The molecular formula is C28H11N7S2. The molecule has 0 saturated carbocycles. The van der Waals surface area contributed by atoms with E-state index in [0.29, 0.717) is 9.75 Å². The van der Waals surface area contributed by atoms with Gasteiger partial charge in [-0.25, -0.2) is 0 Å². The van der Waals surface area contributed by atoms with Crippen LogP contribution in [0.15, 0.2) is 77.9 Å². The number of nitrogens with zero attached hydrogens (tertiary/aromatic N) is 7. The highest BCUT2D eigenvalue weighted by Gasteiger charge is 2.19. The van der Waals surface area contributed by atoms with Crippen LogP contribution in [0.1, 0.15) is 9.75 Å². The zero-order chi connectivity index (χ0) is 26.4. The molecule has 0 spiro atoms. The third kappa shape index (κ3) is 4.52. The molecule has 0 N–H and O–H groups in total. The zero-order valence-electron chi connectivity index (χ0n) is 18.8. The number of rotatable bonds is 5. The molecule has 7 nitrogen and oxygen atoms in total. The minimum atomic E-state index is -0.239. The molecule has 4 aromatic rings. The lowest BCUT2D eigenvalue weighted by atomic mass is 10.1. The Hall–Kier alpha value is -5.68. The zero-order valence-corrected chi connectivity index (χ0v) is 20.4. The van der Waals surface area contributed by atoms with E-state index in [-0.39, 0.29) is 22.3 Å². The summed E-state index contributed by atoms with van der Waals surface area (Å²) in [4.78, 5) is 2.67. The number of aromatic nitrogens is 1. The fourth-order valence-corrected chi connectivity index (χ4v) is 5.68. The van der Waals surface area contributed by atoms with Crippen molar-refractivity contribution in [1.29, 1.82) is 31.6 Å². The fourth-order valence-electron chi connectivity index (χ4n) is 3.64. The molecule has 3 heterocycles. The highest BCUT2D eigenvalue weighted by atomic mass is 32.1. The second-order valence-corrected chi connectivity index (χ2v) is 9.44. The molecule has 0 atom stereocenters. The Morgan fingerprint density at radius 1 is 0.514 bits per heavy atom. The summed E-state index contributed by atoms with van der Waals surface area (Å²) in [6.07, 6.45) is 0. The van der Waals surface area contributed by atoms with E-state index in [0.717, 1.165) is 26.8 Å². The normalized spacial score (nSPS) is 9.46. The van der Waals surface area contributed by atoms with Crippen LogP contribution in [0.2, 0.25) is 0 Å². The number of thiophene rings is 2. The maximum atomic E-state index is 9.55. The summed E-state index contributed by atoms with van der Waals surface area (Å²) in [5.41, 5.74) is 2.11. The largest absolute Gasteiger partial charge is 0.308 e. The summed E-state index contributed by atoms with van der Waals surface area (Å²) >= 11 is 2.59. The van der Waals surface area contributed by atoms with Crippen LogP contribution in [-0.4, -0.2) is 4.57 Å². The Balaban J connectivity index is 1.90. The second kappa shape index (κ2) is 10.7. The molecule has 3 aromatic heterocycles. The summed E-state index contributed by atoms with van der Waals surface area (Å²) in [5, 5.41) is 56.0. The van der Waals surface area contributed by atoms with Crippen LogP contribution in [0.25, 0.3) is 38.0 Å². The molecule has 9 heteroatoms. The standard InChI is InChI=1S/C28H11N7S2/c29-12-18(13-30)21(16-33)25-8-10-27(36-25)23-6-7-24(35(23)20-4-2-1-3-5-20)28-11-9-26(37-28)22(17-34)19(14-31)15-32/h1-11H. The number of allylic oxidation sites excluding steroid dienone is 4. The number of benzene rings is 1. The van der Waals surface area contributed by atoms with Gasteiger partial charge in [-0.1, -0.05) is 18.2 Å². The Morgan fingerprint density at radius 3 is 1.32 bits per heavy atom. The smallest absolute Gasteiger partial charge is 0.148 e. The molecular weight excluding hydrogens is 498 g/mol.